The summed E-state index contributed by atoms with van der Waals surface area (Å²) in [6.07, 6.45) is -0.226. The maximum atomic E-state index is 11.9. The van der Waals surface area contributed by atoms with E-state index < -0.39 is 18.4 Å². The fourth-order valence-corrected chi connectivity index (χ4v) is 6.55. The molecule has 46 heavy (non-hydrogen) atoms. The van der Waals surface area contributed by atoms with Crippen molar-refractivity contribution in [2.75, 3.05) is 12.4 Å². The smallest absolute Gasteiger partial charge is 0.407 e. The summed E-state index contributed by atoms with van der Waals surface area (Å²) in [5.41, 5.74) is 5.75. The molecule has 0 radical (unpaired) electrons. The lowest BCUT2D eigenvalue weighted by Crippen LogP contribution is -2.38. The molecule has 0 saturated carbocycles. The second-order valence-corrected chi connectivity index (χ2v) is 12.1. The molecular weight excluding hydrogens is 602 g/mol. The lowest BCUT2D eigenvalue weighted by molar-refractivity contribution is -0.268. The number of carbonyl (C=O) groups excluding carboxylic acids is 1. The van der Waals surface area contributed by atoms with Crippen molar-refractivity contribution in [1.29, 1.82) is 0 Å². The Balaban J connectivity index is 1.39. The number of ether oxygens (including phenoxy) is 3. The Labute approximate surface area is 273 Å². The Kier molecular flexibility index (Phi) is 11.3. The van der Waals surface area contributed by atoms with Crippen LogP contribution in [0, 0.1) is 5.92 Å². The number of aliphatic hydroxyl groups excluding tert-OH is 1. The summed E-state index contributed by atoms with van der Waals surface area (Å²) in [6.45, 7) is 6.05. The fraction of sp³-hybridized carbons (Fsp3) is 0.243. The van der Waals surface area contributed by atoms with Gasteiger partial charge in [0.05, 0.1) is 24.4 Å². The molecule has 0 spiro atoms. The van der Waals surface area contributed by atoms with E-state index in [1.165, 1.54) is 17.8 Å². The minimum absolute atomic E-state index is 0.0429. The molecule has 0 aromatic heterocycles. The molecule has 0 bridgehead atoms. The molecule has 3 N–H and O–H groups in total. The van der Waals surface area contributed by atoms with Gasteiger partial charge in [0.1, 0.15) is 6.61 Å². The number of carbonyl (C=O) groups is 2. The predicted molar refractivity (Wildman–Crippen MR) is 177 cm³/mol. The van der Waals surface area contributed by atoms with Crippen LogP contribution in [-0.2, 0) is 27.4 Å². The normalized spacial score (nSPS) is 19.3. The van der Waals surface area contributed by atoms with Crippen LogP contribution in [0.2, 0.25) is 0 Å². The lowest BCUT2D eigenvalue weighted by Gasteiger charge is -2.41. The molecule has 8 nitrogen and oxygen atoms in total. The van der Waals surface area contributed by atoms with E-state index in [2.05, 4.69) is 18.8 Å². The summed E-state index contributed by atoms with van der Waals surface area (Å²) in [6, 6.07) is 30.6. The van der Waals surface area contributed by atoms with Crippen LogP contribution < -0.4 is 5.32 Å². The first kappa shape index (κ1) is 33.0. The number of hydrogen-bond donors (Lipinski definition) is 3. The van der Waals surface area contributed by atoms with E-state index in [9.17, 15) is 19.8 Å². The summed E-state index contributed by atoms with van der Waals surface area (Å²) in [5, 5.41) is 22.0. The van der Waals surface area contributed by atoms with Gasteiger partial charge in [-0.25, -0.2) is 9.59 Å². The highest BCUT2D eigenvalue weighted by Crippen LogP contribution is 2.43. The molecule has 1 aliphatic rings. The van der Waals surface area contributed by atoms with Gasteiger partial charge in [-0.2, -0.15) is 0 Å². The number of carboxylic acids is 1. The van der Waals surface area contributed by atoms with Crippen molar-refractivity contribution in [3.63, 3.8) is 0 Å². The summed E-state index contributed by atoms with van der Waals surface area (Å²) >= 11 is 1.46. The van der Waals surface area contributed by atoms with Crippen molar-refractivity contribution < 1.29 is 34.0 Å². The van der Waals surface area contributed by atoms with Gasteiger partial charge in [0, 0.05) is 28.7 Å². The average Bonchev–Trinajstić information content (AvgIpc) is 3.09. The largest absolute Gasteiger partial charge is 0.478 e. The van der Waals surface area contributed by atoms with Gasteiger partial charge in [-0.15, -0.1) is 11.8 Å². The van der Waals surface area contributed by atoms with Crippen molar-refractivity contribution in [2.45, 2.75) is 43.5 Å². The third-order valence-corrected chi connectivity index (χ3v) is 8.99. The number of hydrogen-bond acceptors (Lipinski definition) is 7. The average molecular weight is 640 g/mol. The van der Waals surface area contributed by atoms with E-state index in [-0.39, 0.29) is 36.9 Å². The highest BCUT2D eigenvalue weighted by Gasteiger charge is 2.38. The highest BCUT2D eigenvalue weighted by molar-refractivity contribution is 7.99. The van der Waals surface area contributed by atoms with Crippen LogP contribution in [0.1, 0.15) is 51.9 Å². The topological polar surface area (TPSA) is 114 Å². The number of carboxylic acid groups (broad SMARTS) is 1. The standard InChI is InChI=1S/C37H37NO7S/c1-3-18-43-37(42)38-21-26-8-6-9-28(19-26)29-10-7-11-30(20-29)36-44-32(23-46-33-13-5-4-12-31(33)35(40)41)24(2)34(45-36)27-16-14-25(22-39)15-17-27/h3-17,19-20,24,32,34,36,39H,1,18,21-23H2,2H3,(H,38,42)(H,40,41)/t24-,32+,34+,36+/m0/s1. The first-order valence-corrected chi connectivity index (χ1v) is 16.0. The molecule has 9 heteroatoms. The van der Waals surface area contributed by atoms with Crippen molar-refractivity contribution in [1.82, 2.24) is 5.32 Å². The van der Waals surface area contributed by atoms with Gasteiger partial charge in [-0.3, -0.25) is 0 Å². The Bertz CT molecular complexity index is 1660. The van der Waals surface area contributed by atoms with E-state index in [1.54, 1.807) is 12.1 Å². The summed E-state index contributed by atoms with van der Waals surface area (Å²) < 4.78 is 18.3. The molecule has 1 fully saturated rings. The van der Waals surface area contributed by atoms with Crippen LogP contribution in [-0.4, -0.2) is 40.7 Å². The Morgan fingerprint density at radius 2 is 1.65 bits per heavy atom. The second-order valence-electron chi connectivity index (χ2n) is 11.0. The Morgan fingerprint density at radius 1 is 0.913 bits per heavy atom. The predicted octanol–water partition coefficient (Wildman–Crippen LogP) is 7.54. The minimum Gasteiger partial charge on any atom is -0.478 e. The molecule has 1 heterocycles. The van der Waals surface area contributed by atoms with Crippen LogP contribution in [0.5, 0.6) is 0 Å². The van der Waals surface area contributed by atoms with Crippen LogP contribution in [0.3, 0.4) is 0 Å². The number of benzene rings is 4. The van der Waals surface area contributed by atoms with Crippen LogP contribution in [0.4, 0.5) is 4.79 Å². The van der Waals surface area contributed by atoms with Gasteiger partial charge >= 0.3 is 12.1 Å². The lowest BCUT2D eigenvalue weighted by atomic mass is 9.91. The zero-order valence-electron chi connectivity index (χ0n) is 25.5. The van der Waals surface area contributed by atoms with Crippen molar-refractivity contribution in [3.8, 4) is 11.1 Å². The van der Waals surface area contributed by atoms with Crippen molar-refractivity contribution in [2.24, 2.45) is 5.92 Å². The summed E-state index contributed by atoms with van der Waals surface area (Å²) in [4.78, 5) is 24.4. The monoisotopic (exact) mass is 639 g/mol. The summed E-state index contributed by atoms with van der Waals surface area (Å²) in [5.74, 6) is -0.486. The first-order chi connectivity index (χ1) is 22.4. The third-order valence-electron chi connectivity index (χ3n) is 7.83. The second kappa shape index (κ2) is 15.7. The van der Waals surface area contributed by atoms with Crippen molar-refractivity contribution in [3.05, 3.63) is 138 Å². The quantitative estimate of drug-likeness (QED) is 0.108. The molecule has 4 atom stereocenters. The molecule has 5 rings (SSSR count). The number of aliphatic hydroxyl groups is 1. The molecule has 1 aliphatic heterocycles. The molecule has 1 saturated heterocycles. The van der Waals surface area contributed by atoms with E-state index in [4.69, 9.17) is 14.2 Å². The number of nitrogens with one attached hydrogen (secondary N) is 1. The summed E-state index contributed by atoms with van der Waals surface area (Å²) in [7, 11) is 0. The minimum atomic E-state index is -0.965. The van der Waals surface area contributed by atoms with E-state index in [0.717, 1.165) is 33.4 Å². The van der Waals surface area contributed by atoms with Gasteiger partial charge in [0.15, 0.2) is 6.29 Å². The Hall–Kier alpha value is -4.41. The molecule has 0 aliphatic carbocycles. The van der Waals surface area contributed by atoms with Gasteiger partial charge in [0.25, 0.3) is 0 Å². The molecule has 0 unspecified atom stereocenters. The van der Waals surface area contributed by atoms with Gasteiger partial charge in [-0.1, -0.05) is 92.4 Å². The third kappa shape index (κ3) is 8.24. The maximum absolute atomic E-state index is 11.9. The van der Waals surface area contributed by atoms with Crippen molar-refractivity contribution >= 4 is 23.8 Å². The molecule has 238 valence electrons. The van der Waals surface area contributed by atoms with E-state index in [0.29, 0.717) is 17.2 Å². The zero-order chi connectivity index (χ0) is 32.5. The van der Waals surface area contributed by atoms with Crippen LogP contribution in [0.15, 0.2) is 115 Å². The molecule has 1 amide bonds. The first-order valence-electron chi connectivity index (χ1n) is 15.0. The number of aromatic carboxylic acids is 1. The Morgan fingerprint density at radius 3 is 2.39 bits per heavy atom. The van der Waals surface area contributed by atoms with Crippen LogP contribution in [0.25, 0.3) is 11.1 Å². The van der Waals surface area contributed by atoms with E-state index >= 15 is 0 Å². The SMILES string of the molecule is C=CCOC(=O)NCc1cccc(-c2cccc([C@@H]3O[C@H](CSc4ccccc4C(=O)O)[C@H](C)[C@H](c4ccc(CO)cc4)O3)c2)c1. The number of amides is 1. The fourth-order valence-electron chi connectivity index (χ4n) is 5.34. The maximum Gasteiger partial charge on any atom is 0.407 e. The van der Waals surface area contributed by atoms with E-state index in [1.807, 2.05) is 84.9 Å². The number of thioether (sulfide) groups is 1. The number of alkyl carbamates (subject to hydrolysis) is 1. The zero-order valence-corrected chi connectivity index (χ0v) is 26.3. The van der Waals surface area contributed by atoms with Gasteiger partial charge in [0.2, 0.25) is 0 Å². The highest BCUT2D eigenvalue weighted by atomic mass is 32.2. The molecule has 4 aromatic carbocycles. The van der Waals surface area contributed by atoms with Gasteiger partial charge in [-0.05, 0) is 52.1 Å². The van der Waals surface area contributed by atoms with Crippen LogP contribution >= 0.6 is 11.8 Å². The molecular formula is C37H37NO7S. The van der Waals surface area contributed by atoms with Gasteiger partial charge < -0.3 is 29.7 Å². The number of rotatable bonds is 12. The molecule has 4 aromatic rings.